The summed E-state index contributed by atoms with van der Waals surface area (Å²) in [6.07, 6.45) is -2.81. The molecule has 0 bridgehead atoms. The lowest BCUT2D eigenvalue weighted by Gasteiger charge is -2.46. The second-order valence-corrected chi connectivity index (χ2v) is 10.5. The van der Waals surface area contributed by atoms with Gasteiger partial charge in [-0.15, -0.1) is 0 Å². The molecule has 0 aliphatic carbocycles. The van der Waals surface area contributed by atoms with E-state index in [4.69, 9.17) is 22.7 Å². The summed E-state index contributed by atoms with van der Waals surface area (Å²) >= 11 is 4.84. The van der Waals surface area contributed by atoms with E-state index in [1.807, 2.05) is 30.3 Å². The van der Waals surface area contributed by atoms with Crippen molar-refractivity contribution >= 4 is 33.7 Å². The zero-order valence-corrected chi connectivity index (χ0v) is 20.2. The maximum Gasteiger partial charge on any atom is 0.391 e. The van der Waals surface area contributed by atoms with Crippen LogP contribution in [0.2, 0.25) is 0 Å². The number of alkyl halides is 3. The van der Waals surface area contributed by atoms with Crippen molar-refractivity contribution < 1.29 is 26.3 Å². The Hall–Kier alpha value is -2.70. The van der Waals surface area contributed by atoms with E-state index in [1.54, 1.807) is 6.07 Å². The maximum atomic E-state index is 13.6. The summed E-state index contributed by atoms with van der Waals surface area (Å²) < 4.78 is 74.1. The van der Waals surface area contributed by atoms with Crippen LogP contribution in [0, 0.1) is 5.92 Å². The minimum atomic E-state index is -4.25. The van der Waals surface area contributed by atoms with Crippen LogP contribution in [0.3, 0.4) is 0 Å². The topological polar surface area (TPSA) is 97.0 Å². The van der Waals surface area contributed by atoms with Gasteiger partial charge in [-0.1, -0.05) is 36.4 Å². The number of hydrogen-bond donors (Lipinski definition) is 2. The van der Waals surface area contributed by atoms with Gasteiger partial charge in [0.05, 0.1) is 23.8 Å². The number of nitrogens with two attached hydrogens (primary N) is 1. The van der Waals surface area contributed by atoms with Crippen molar-refractivity contribution in [3.05, 3.63) is 59.7 Å². The van der Waals surface area contributed by atoms with Crippen LogP contribution in [0.4, 0.5) is 13.2 Å². The summed E-state index contributed by atoms with van der Waals surface area (Å²) in [6, 6.07) is 13.0. The molecule has 0 saturated carbocycles. The molecule has 2 aliphatic heterocycles. The Morgan fingerprint density at radius 3 is 2.60 bits per heavy atom. The fraction of sp³-hybridized carbons (Fsp3) is 0.391. The molecule has 0 aromatic heterocycles. The minimum absolute atomic E-state index is 0.00894. The van der Waals surface area contributed by atoms with Crippen LogP contribution >= 0.6 is 12.2 Å². The lowest BCUT2D eigenvalue weighted by atomic mass is 9.84. The van der Waals surface area contributed by atoms with Crippen molar-refractivity contribution in [1.29, 1.82) is 0 Å². The van der Waals surface area contributed by atoms with E-state index in [9.17, 15) is 21.6 Å². The van der Waals surface area contributed by atoms with Gasteiger partial charge in [0.1, 0.15) is 5.75 Å². The fourth-order valence-electron chi connectivity index (χ4n) is 4.79. The quantitative estimate of drug-likeness (QED) is 0.354. The Labute approximate surface area is 207 Å². The highest BCUT2D eigenvalue weighted by molar-refractivity contribution is 7.91. The second kappa shape index (κ2) is 10.1. The highest BCUT2D eigenvalue weighted by Crippen LogP contribution is 2.48. The van der Waals surface area contributed by atoms with Crippen LogP contribution in [0.5, 0.6) is 5.75 Å². The predicted octanol–water partition coefficient (Wildman–Crippen LogP) is 4.08. The van der Waals surface area contributed by atoms with Crippen LogP contribution in [-0.4, -0.2) is 44.1 Å². The molecule has 12 heteroatoms. The van der Waals surface area contributed by atoms with Crippen LogP contribution in [0.25, 0.3) is 0 Å². The second-order valence-electron chi connectivity index (χ2n) is 8.47. The Morgan fingerprint density at radius 1 is 1.17 bits per heavy atom. The van der Waals surface area contributed by atoms with Gasteiger partial charge >= 0.3 is 6.18 Å². The van der Waals surface area contributed by atoms with Crippen molar-refractivity contribution in [3.8, 4) is 5.75 Å². The molecular formula is C23H25F3N4O3S2. The zero-order chi connectivity index (χ0) is 25.2. The SMILES string of the molecule is NC=NC(=S)NS(=O)(=O)c1ccc2c(c1)OCC[C@@H]2N1CC[C@@H](C(F)(F)F)C[C@H]1c1ccccc1. The first-order chi connectivity index (χ1) is 16.6. The first-order valence-electron chi connectivity index (χ1n) is 11.1. The molecule has 7 nitrogen and oxygen atoms in total. The molecule has 3 atom stereocenters. The summed E-state index contributed by atoms with van der Waals surface area (Å²) in [4.78, 5) is 5.56. The van der Waals surface area contributed by atoms with E-state index >= 15 is 0 Å². The standard InChI is InChI=1S/C23H25F3N4O3S2/c24-23(25,26)16-8-10-30(20(12-16)15-4-2-1-3-5-15)19-9-11-33-21-13-17(6-7-18(19)21)35(31,32)29-22(34)28-14-27/h1-7,13-14,16,19-20H,8-12H2,(H3,27,28,29,34)/t16-,19+,20+/m1/s1. The molecule has 0 amide bonds. The van der Waals surface area contributed by atoms with Crippen molar-refractivity contribution in [2.24, 2.45) is 16.6 Å². The van der Waals surface area contributed by atoms with Gasteiger partial charge in [-0.2, -0.15) is 13.2 Å². The molecule has 35 heavy (non-hydrogen) atoms. The molecule has 3 N–H and O–H groups in total. The van der Waals surface area contributed by atoms with Gasteiger partial charge in [0.25, 0.3) is 10.0 Å². The highest BCUT2D eigenvalue weighted by Gasteiger charge is 2.46. The minimum Gasteiger partial charge on any atom is -0.493 e. The van der Waals surface area contributed by atoms with Gasteiger partial charge in [0.2, 0.25) is 5.11 Å². The van der Waals surface area contributed by atoms with E-state index in [2.05, 4.69) is 14.6 Å². The van der Waals surface area contributed by atoms with Gasteiger partial charge in [-0.05, 0) is 43.2 Å². The summed E-state index contributed by atoms with van der Waals surface area (Å²) in [6.45, 7) is 0.575. The van der Waals surface area contributed by atoms with E-state index in [0.717, 1.165) is 17.5 Å². The number of halogens is 3. The smallest absolute Gasteiger partial charge is 0.391 e. The lowest BCUT2D eigenvalue weighted by Crippen LogP contribution is -2.44. The van der Waals surface area contributed by atoms with Crippen molar-refractivity contribution in [2.75, 3.05) is 13.2 Å². The largest absolute Gasteiger partial charge is 0.493 e. The monoisotopic (exact) mass is 526 g/mol. The Morgan fingerprint density at radius 2 is 1.91 bits per heavy atom. The normalized spacial score (nSPS) is 23.5. The van der Waals surface area contributed by atoms with Crippen LogP contribution < -0.4 is 15.2 Å². The summed E-state index contributed by atoms with van der Waals surface area (Å²) in [5.41, 5.74) is 6.71. The number of likely N-dealkylation sites (tertiary alicyclic amines) is 1. The number of fused-ring (bicyclic) bond motifs is 1. The maximum absolute atomic E-state index is 13.6. The first kappa shape index (κ1) is 25.4. The molecule has 188 valence electrons. The van der Waals surface area contributed by atoms with Crippen LogP contribution in [-0.2, 0) is 10.0 Å². The van der Waals surface area contributed by atoms with E-state index < -0.39 is 28.2 Å². The van der Waals surface area contributed by atoms with Crippen molar-refractivity contribution in [3.63, 3.8) is 0 Å². The van der Waals surface area contributed by atoms with Crippen LogP contribution in [0.1, 0.15) is 42.5 Å². The number of thiocarbonyl (C=S) groups is 1. The number of nitrogens with one attached hydrogen (secondary N) is 1. The molecule has 0 spiro atoms. The average molecular weight is 527 g/mol. The number of nitrogens with zero attached hydrogens (tertiary/aromatic N) is 2. The number of sulfonamides is 1. The Kier molecular flexibility index (Phi) is 7.34. The molecule has 2 heterocycles. The van der Waals surface area contributed by atoms with Crippen molar-refractivity contribution in [2.45, 2.75) is 42.4 Å². The van der Waals surface area contributed by atoms with Gasteiger partial charge in [-0.3, -0.25) is 9.62 Å². The number of hydrogen-bond acceptors (Lipinski definition) is 5. The summed E-state index contributed by atoms with van der Waals surface area (Å²) in [5.74, 6) is -0.996. The lowest BCUT2D eigenvalue weighted by molar-refractivity contribution is -0.192. The molecule has 1 saturated heterocycles. The van der Waals surface area contributed by atoms with Gasteiger partial charge < -0.3 is 10.5 Å². The molecule has 2 aromatic rings. The van der Waals surface area contributed by atoms with Gasteiger partial charge in [0.15, 0.2) is 0 Å². The van der Waals surface area contributed by atoms with E-state index in [1.165, 1.54) is 12.1 Å². The number of ether oxygens (including phenoxy) is 1. The van der Waals surface area contributed by atoms with Gasteiger partial charge in [-0.25, -0.2) is 13.4 Å². The third-order valence-electron chi connectivity index (χ3n) is 6.41. The Balaban J connectivity index is 1.65. The Bertz CT molecular complexity index is 1210. The van der Waals surface area contributed by atoms with Crippen LogP contribution in [0.15, 0.2) is 58.4 Å². The summed E-state index contributed by atoms with van der Waals surface area (Å²) in [7, 11) is -4.01. The fourth-order valence-corrected chi connectivity index (χ4v) is 6.09. The van der Waals surface area contributed by atoms with E-state index in [-0.39, 0.29) is 35.4 Å². The molecule has 0 unspecified atom stereocenters. The predicted molar refractivity (Wildman–Crippen MR) is 130 cm³/mol. The molecule has 0 radical (unpaired) electrons. The molecule has 1 fully saturated rings. The molecule has 2 aromatic carbocycles. The molecule has 2 aliphatic rings. The van der Waals surface area contributed by atoms with Crippen molar-refractivity contribution in [1.82, 2.24) is 9.62 Å². The third kappa shape index (κ3) is 5.60. The highest BCUT2D eigenvalue weighted by atomic mass is 32.2. The number of rotatable bonds is 4. The number of aliphatic imine (C=N–C) groups is 1. The molecular weight excluding hydrogens is 501 g/mol. The zero-order valence-electron chi connectivity index (χ0n) is 18.6. The first-order valence-corrected chi connectivity index (χ1v) is 12.9. The third-order valence-corrected chi connectivity index (χ3v) is 8.08. The number of benzene rings is 2. The summed E-state index contributed by atoms with van der Waals surface area (Å²) in [5, 5.41) is -0.303. The number of piperidine rings is 1. The molecule has 4 rings (SSSR count). The van der Waals surface area contributed by atoms with E-state index in [0.29, 0.717) is 18.8 Å². The van der Waals surface area contributed by atoms with Gasteiger partial charge in [0, 0.05) is 30.1 Å². The average Bonchev–Trinajstić information content (AvgIpc) is 2.83.